The maximum Gasteiger partial charge on any atom is 0.229 e. The minimum absolute atomic E-state index is 0.0485. The van der Waals surface area contributed by atoms with Crippen LogP contribution in [-0.2, 0) is 11.2 Å². The van der Waals surface area contributed by atoms with Gasteiger partial charge in [0.2, 0.25) is 6.29 Å². The van der Waals surface area contributed by atoms with Crippen LogP contribution < -0.4 is 4.74 Å². The van der Waals surface area contributed by atoms with Crippen molar-refractivity contribution < 1.29 is 35.0 Å². The zero-order chi connectivity index (χ0) is 15.4. The van der Waals surface area contributed by atoms with Crippen LogP contribution in [0.2, 0.25) is 0 Å². The number of rotatable bonds is 5. The minimum Gasteiger partial charge on any atom is -0.462 e. The largest absolute Gasteiger partial charge is 0.462 e. The Kier molecular flexibility index (Phi) is 5.51. The fraction of sp³-hybridized carbons (Fsp3) is 0.571. The maximum atomic E-state index is 9.85. The molecule has 0 saturated carbocycles. The van der Waals surface area contributed by atoms with Gasteiger partial charge < -0.3 is 35.0 Å². The second-order valence-corrected chi connectivity index (χ2v) is 4.93. The second-order valence-electron chi connectivity index (χ2n) is 4.93. The van der Waals surface area contributed by atoms with E-state index in [0.29, 0.717) is 12.2 Å². The fourth-order valence-corrected chi connectivity index (χ4v) is 2.16. The van der Waals surface area contributed by atoms with E-state index < -0.39 is 37.3 Å². The number of hydrogen-bond acceptors (Lipinski definition) is 7. The number of aliphatic hydroxyl groups excluding tert-OH is 5. The molecule has 7 nitrogen and oxygen atoms in total. The van der Waals surface area contributed by atoms with Crippen molar-refractivity contribution in [2.75, 3.05) is 13.2 Å². The molecule has 0 unspecified atom stereocenters. The molecule has 0 spiro atoms. The normalized spacial score (nSPS) is 32.9. The zero-order valence-corrected chi connectivity index (χ0v) is 11.4. The monoisotopic (exact) mass is 300 g/mol. The minimum atomic E-state index is -1.46. The molecule has 1 aliphatic heterocycles. The van der Waals surface area contributed by atoms with Gasteiger partial charge in [-0.15, -0.1) is 0 Å². The lowest BCUT2D eigenvalue weighted by molar-refractivity contribution is -0.277. The van der Waals surface area contributed by atoms with Gasteiger partial charge in [-0.3, -0.25) is 0 Å². The topological polar surface area (TPSA) is 120 Å². The van der Waals surface area contributed by atoms with E-state index in [-0.39, 0.29) is 6.61 Å². The van der Waals surface area contributed by atoms with E-state index in [2.05, 4.69) is 0 Å². The van der Waals surface area contributed by atoms with Gasteiger partial charge in [-0.1, -0.05) is 12.1 Å². The summed E-state index contributed by atoms with van der Waals surface area (Å²) in [6, 6.07) is 6.81. The van der Waals surface area contributed by atoms with Gasteiger partial charge >= 0.3 is 0 Å². The van der Waals surface area contributed by atoms with E-state index in [1.54, 1.807) is 24.3 Å². The first-order chi connectivity index (χ1) is 10.1. The number of benzene rings is 1. The average molecular weight is 300 g/mol. The van der Waals surface area contributed by atoms with E-state index in [4.69, 9.17) is 19.7 Å². The summed E-state index contributed by atoms with van der Waals surface area (Å²) in [5, 5.41) is 47.1. The standard InChI is InChI=1S/C14H20O7/c15-6-5-8-1-3-9(4-2-8)20-14-13(19)12(18)11(17)10(7-16)21-14/h1-4,10-19H,5-7H2/t10-,11+,12+,13-,14-/m0/s1. The Morgan fingerprint density at radius 1 is 0.952 bits per heavy atom. The Morgan fingerprint density at radius 2 is 1.62 bits per heavy atom. The third kappa shape index (κ3) is 3.70. The maximum absolute atomic E-state index is 9.85. The highest BCUT2D eigenvalue weighted by molar-refractivity contribution is 5.27. The molecular formula is C14H20O7. The molecule has 1 aromatic carbocycles. The van der Waals surface area contributed by atoms with Crippen molar-refractivity contribution in [2.45, 2.75) is 37.1 Å². The lowest BCUT2D eigenvalue weighted by Crippen LogP contribution is -2.60. The van der Waals surface area contributed by atoms with Gasteiger partial charge in [-0.25, -0.2) is 0 Å². The van der Waals surface area contributed by atoms with E-state index >= 15 is 0 Å². The first-order valence-electron chi connectivity index (χ1n) is 6.73. The molecule has 0 radical (unpaired) electrons. The van der Waals surface area contributed by atoms with Crippen LogP contribution in [0.15, 0.2) is 24.3 Å². The summed E-state index contributed by atoms with van der Waals surface area (Å²) in [5.41, 5.74) is 0.929. The van der Waals surface area contributed by atoms with Crippen molar-refractivity contribution in [1.82, 2.24) is 0 Å². The van der Waals surface area contributed by atoms with Crippen LogP contribution in [0.25, 0.3) is 0 Å². The lowest BCUT2D eigenvalue weighted by Gasteiger charge is -2.39. The fourth-order valence-electron chi connectivity index (χ4n) is 2.16. The third-order valence-corrected chi connectivity index (χ3v) is 3.42. The Labute approximate surface area is 122 Å². The van der Waals surface area contributed by atoms with Crippen molar-refractivity contribution >= 4 is 0 Å². The molecule has 1 saturated heterocycles. The van der Waals surface area contributed by atoms with Gasteiger partial charge in [-0.05, 0) is 24.1 Å². The molecule has 5 N–H and O–H groups in total. The quantitative estimate of drug-likeness (QED) is 0.444. The van der Waals surface area contributed by atoms with Crippen molar-refractivity contribution in [2.24, 2.45) is 0 Å². The molecule has 1 aromatic rings. The van der Waals surface area contributed by atoms with E-state index in [0.717, 1.165) is 5.56 Å². The molecule has 118 valence electrons. The van der Waals surface area contributed by atoms with E-state index in [9.17, 15) is 15.3 Å². The smallest absolute Gasteiger partial charge is 0.229 e. The SMILES string of the molecule is OCCc1ccc(O[C@H]2O[C@@H](CO)[C@@H](O)[C@@H](O)[C@@H]2O)cc1. The van der Waals surface area contributed by atoms with Crippen molar-refractivity contribution in [3.8, 4) is 5.75 Å². The highest BCUT2D eigenvalue weighted by Gasteiger charge is 2.44. The number of aliphatic hydroxyl groups is 5. The van der Waals surface area contributed by atoms with Crippen LogP contribution in [0.5, 0.6) is 5.75 Å². The summed E-state index contributed by atoms with van der Waals surface area (Å²) in [6.45, 7) is -0.451. The summed E-state index contributed by atoms with van der Waals surface area (Å²) in [6.07, 6.45) is -5.96. The molecule has 1 heterocycles. The van der Waals surface area contributed by atoms with Crippen LogP contribution in [0.1, 0.15) is 5.56 Å². The highest BCUT2D eigenvalue weighted by Crippen LogP contribution is 2.24. The van der Waals surface area contributed by atoms with Gasteiger partial charge in [0.25, 0.3) is 0 Å². The van der Waals surface area contributed by atoms with Crippen molar-refractivity contribution in [3.05, 3.63) is 29.8 Å². The highest BCUT2D eigenvalue weighted by atomic mass is 16.7. The van der Waals surface area contributed by atoms with E-state index in [1.807, 2.05) is 0 Å². The molecule has 5 atom stereocenters. The van der Waals surface area contributed by atoms with Crippen LogP contribution in [0, 0.1) is 0 Å². The molecule has 0 bridgehead atoms. The first-order valence-corrected chi connectivity index (χ1v) is 6.73. The van der Waals surface area contributed by atoms with Crippen LogP contribution >= 0.6 is 0 Å². The lowest BCUT2D eigenvalue weighted by atomic mass is 9.99. The van der Waals surface area contributed by atoms with Gasteiger partial charge in [0.05, 0.1) is 6.61 Å². The summed E-state index contributed by atoms with van der Waals surface area (Å²) in [7, 11) is 0. The summed E-state index contributed by atoms with van der Waals surface area (Å²) in [5.74, 6) is 0.404. The molecular weight excluding hydrogens is 280 g/mol. The van der Waals surface area contributed by atoms with Gasteiger partial charge in [0, 0.05) is 6.61 Å². The van der Waals surface area contributed by atoms with Gasteiger partial charge in [0.1, 0.15) is 30.2 Å². The number of hydrogen-bond donors (Lipinski definition) is 5. The van der Waals surface area contributed by atoms with Crippen LogP contribution in [-0.4, -0.2) is 69.5 Å². The molecule has 1 fully saturated rings. The van der Waals surface area contributed by atoms with Crippen molar-refractivity contribution in [3.63, 3.8) is 0 Å². The zero-order valence-electron chi connectivity index (χ0n) is 11.4. The Morgan fingerprint density at radius 3 is 2.19 bits per heavy atom. The molecule has 0 aromatic heterocycles. The summed E-state index contributed by atoms with van der Waals surface area (Å²) >= 11 is 0. The van der Waals surface area contributed by atoms with Crippen molar-refractivity contribution in [1.29, 1.82) is 0 Å². The Balaban J connectivity index is 2.03. The third-order valence-electron chi connectivity index (χ3n) is 3.42. The summed E-state index contributed by atoms with van der Waals surface area (Å²) < 4.78 is 10.7. The van der Waals surface area contributed by atoms with Gasteiger partial charge in [0.15, 0.2) is 0 Å². The Bertz CT molecular complexity index is 433. The predicted molar refractivity (Wildman–Crippen MR) is 71.6 cm³/mol. The summed E-state index contributed by atoms with van der Waals surface area (Å²) in [4.78, 5) is 0. The first kappa shape index (κ1) is 16.2. The molecule has 0 aliphatic carbocycles. The van der Waals surface area contributed by atoms with Crippen LogP contribution in [0.4, 0.5) is 0 Å². The van der Waals surface area contributed by atoms with E-state index in [1.165, 1.54) is 0 Å². The average Bonchev–Trinajstić information content (AvgIpc) is 2.50. The van der Waals surface area contributed by atoms with Crippen LogP contribution in [0.3, 0.4) is 0 Å². The molecule has 1 aliphatic rings. The second kappa shape index (κ2) is 7.17. The molecule has 0 amide bonds. The Hall–Kier alpha value is -1.22. The molecule has 21 heavy (non-hydrogen) atoms. The van der Waals surface area contributed by atoms with Gasteiger partial charge in [-0.2, -0.15) is 0 Å². The molecule has 7 heteroatoms. The molecule has 2 rings (SSSR count). The predicted octanol–water partition coefficient (Wildman–Crippen LogP) is -1.60. The number of ether oxygens (including phenoxy) is 2.